The molecule has 20 heavy (non-hydrogen) atoms. The highest BCUT2D eigenvalue weighted by molar-refractivity contribution is 6.06. The molecule has 0 aliphatic rings. The number of benzene rings is 2. The van der Waals surface area contributed by atoms with Crippen LogP contribution < -0.4 is 0 Å². The van der Waals surface area contributed by atoms with Crippen molar-refractivity contribution in [3.63, 3.8) is 0 Å². The number of hydrogen-bond donors (Lipinski definition) is 0. The van der Waals surface area contributed by atoms with E-state index in [2.05, 4.69) is 6.92 Å². The molecule has 0 aliphatic heterocycles. The molecule has 0 saturated heterocycles. The van der Waals surface area contributed by atoms with E-state index in [0.717, 1.165) is 12.0 Å². The predicted molar refractivity (Wildman–Crippen MR) is 80.3 cm³/mol. The minimum absolute atomic E-state index is 0.118. The molecule has 0 heterocycles. The summed E-state index contributed by atoms with van der Waals surface area (Å²) in [5, 5.41) is 0. The van der Waals surface area contributed by atoms with Crippen LogP contribution in [0.25, 0.3) is 6.08 Å². The summed E-state index contributed by atoms with van der Waals surface area (Å²) in [5.74, 6) is -0.409. The number of allylic oxidation sites excluding steroid dienone is 1. The van der Waals surface area contributed by atoms with Gasteiger partial charge in [0.05, 0.1) is 0 Å². The summed E-state index contributed by atoms with van der Waals surface area (Å²) in [6.07, 6.45) is 4.30. The van der Waals surface area contributed by atoms with Crippen LogP contribution in [0.4, 0.5) is 4.39 Å². The maximum absolute atomic E-state index is 13.2. The van der Waals surface area contributed by atoms with E-state index in [-0.39, 0.29) is 11.6 Å². The Morgan fingerprint density at radius 1 is 1.15 bits per heavy atom. The highest BCUT2D eigenvalue weighted by Gasteiger charge is 2.04. The van der Waals surface area contributed by atoms with E-state index in [4.69, 9.17) is 0 Å². The second kappa shape index (κ2) is 6.29. The van der Waals surface area contributed by atoms with Gasteiger partial charge in [0.1, 0.15) is 5.82 Å². The molecule has 0 spiro atoms. The molecule has 2 aromatic carbocycles. The average molecular weight is 268 g/mol. The molecule has 0 radical (unpaired) electrons. The van der Waals surface area contributed by atoms with Gasteiger partial charge in [-0.3, -0.25) is 4.79 Å². The van der Waals surface area contributed by atoms with Crippen molar-refractivity contribution in [1.29, 1.82) is 0 Å². The Hall–Kier alpha value is -2.22. The first-order chi connectivity index (χ1) is 9.60. The Morgan fingerprint density at radius 3 is 2.45 bits per heavy atom. The zero-order valence-corrected chi connectivity index (χ0v) is 11.7. The Bertz CT molecular complexity index is 639. The van der Waals surface area contributed by atoms with E-state index in [1.807, 2.05) is 24.3 Å². The number of hydrogen-bond acceptors (Lipinski definition) is 1. The number of carbonyl (C=O) groups is 1. The average Bonchev–Trinajstić information content (AvgIpc) is 2.48. The smallest absolute Gasteiger partial charge is 0.185 e. The highest BCUT2D eigenvalue weighted by atomic mass is 19.1. The predicted octanol–water partition coefficient (Wildman–Crippen LogP) is 4.59. The van der Waals surface area contributed by atoms with Gasteiger partial charge in [-0.2, -0.15) is 0 Å². The molecule has 0 atom stereocenters. The Kier molecular flexibility index (Phi) is 4.46. The molecule has 0 unspecified atom stereocenters. The quantitative estimate of drug-likeness (QED) is 0.585. The lowest BCUT2D eigenvalue weighted by molar-refractivity contribution is 0.104. The topological polar surface area (TPSA) is 17.1 Å². The lowest BCUT2D eigenvalue weighted by Gasteiger charge is -2.00. The van der Waals surface area contributed by atoms with Crippen LogP contribution >= 0.6 is 0 Å². The first-order valence-corrected chi connectivity index (χ1v) is 6.67. The van der Waals surface area contributed by atoms with E-state index in [9.17, 15) is 9.18 Å². The maximum Gasteiger partial charge on any atom is 0.185 e. The summed E-state index contributed by atoms with van der Waals surface area (Å²) in [5.41, 5.74) is 3.24. The third kappa shape index (κ3) is 3.41. The van der Waals surface area contributed by atoms with Crippen molar-refractivity contribution in [2.45, 2.75) is 20.3 Å². The molecule has 0 bridgehead atoms. The van der Waals surface area contributed by atoms with Crippen LogP contribution in [-0.4, -0.2) is 5.78 Å². The van der Waals surface area contributed by atoms with E-state index in [1.54, 1.807) is 19.1 Å². The summed E-state index contributed by atoms with van der Waals surface area (Å²) in [7, 11) is 0. The molecule has 0 N–H and O–H groups in total. The maximum atomic E-state index is 13.2. The third-order valence-corrected chi connectivity index (χ3v) is 3.26. The van der Waals surface area contributed by atoms with Crippen molar-refractivity contribution < 1.29 is 9.18 Å². The first-order valence-electron chi connectivity index (χ1n) is 6.67. The molecular weight excluding hydrogens is 251 g/mol. The molecule has 0 aromatic heterocycles. The van der Waals surface area contributed by atoms with Gasteiger partial charge in [-0.15, -0.1) is 0 Å². The highest BCUT2D eigenvalue weighted by Crippen LogP contribution is 2.12. The monoisotopic (exact) mass is 268 g/mol. The summed E-state index contributed by atoms with van der Waals surface area (Å²) in [4.78, 5) is 12.0. The largest absolute Gasteiger partial charge is 0.289 e. The van der Waals surface area contributed by atoms with Crippen molar-refractivity contribution in [3.8, 4) is 0 Å². The van der Waals surface area contributed by atoms with E-state index in [0.29, 0.717) is 11.1 Å². The molecule has 0 aliphatic carbocycles. The Labute approximate surface area is 118 Å². The lowest BCUT2D eigenvalue weighted by atomic mass is 10.1. The van der Waals surface area contributed by atoms with Gasteiger partial charge in [0.25, 0.3) is 0 Å². The fourth-order valence-corrected chi connectivity index (χ4v) is 1.93. The zero-order valence-electron chi connectivity index (χ0n) is 11.7. The van der Waals surface area contributed by atoms with Gasteiger partial charge >= 0.3 is 0 Å². The normalized spacial score (nSPS) is 10.9. The van der Waals surface area contributed by atoms with Crippen LogP contribution in [0.15, 0.2) is 48.5 Å². The van der Waals surface area contributed by atoms with Gasteiger partial charge in [-0.1, -0.05) is 37.3 Å². The third-order valence-electron chi connectivity index (χ3n) is 3.26. The first kappa shape index (κ1) is 14.2. The zero-order chi connectivity index (χ0) is 14.5. The van der Waals surface area contributed by atoms with Gasteiger partial charge in [0, 0.05) is 5.56 Å². The molecule has 1 nitrogen and oxygen atoms in total. The number of aryl methyl sites for hydroxylation is 2. The molecule has 2 aromatic rings. The number of ketones is 1. The van der Waals surface area contributed by atoms with Gasteiger partial charge in [0.2, 0.25) is 0 Å². The molecule has 0 fully saturated rings. The number of rotatable bonds is 4. The number of halogens is 1. The van der Waals surface area contributed by atoms with Crippen LogP contribution in [0.3, 0.4) is 0 Å². The fraction of sp³-hybridized carbons (Fsp3) is 0.167. The van der Waals surface area contributed by atoms with Gasteiger partial charge in [0.15, 0.2) is 5.78 Å². The van der Waals surface area contributed by atoms with Crippen LogP contribution in [0.1, 0.15) is 34.0 Å². The van der Waals surface area contributed by atoms with Crippen molar-refractivity contribution >= 4 is 11.9 Å². The Morgan fingerprint density at radius 2 is 1.85 bits per heavy atom. The Balaban J connectivity index is 2.13. The van der Waals surface area contributed by atoms with Gasteiger partial charge in [-0.05, 0) is 54.3 Å². The number of carbonyl (C=O) groups excluding carboxylic acids is 1. The van der Waals surface area contributed by atoms with Crippen molar-refractivity contribution in [2.75, 3.05) is 0 Å². The molecule has 2 heteroatoms. The summed E-state index contributed by atoms with van der Waals surface area (Å²) >= 11 is 0. The second-order valence-corrected chi connectivity index (χ2v) is 4.76. The van der Waals surface area contributed by atoms with Crippen molar-refractivity contribution in [2.24, 2.45) is 0 Å². The fourth-order valence-electron chi connectivity index (χ4n) is 1.93. The second-order valence-electron chi connectivity index (χ2n) is 4.76. The SMILES string of the molecule is CCc1ccc(/C=C/C(=O)c2ccc(F)c(C)c2)cc1. The van der Waals surface area contributed by atoms with E-state index >= 15 is 0 Å². The lowest BCUT2D eigenvalue weighted by Crippen LogP contribution is -1.96. The van der Waals surface area contributed by atoms with E-state index < -0.39 is 0 Å². The van der Waals surface area contributed by atoms with Crippen LogP contribution in [-0.2, 0) is 6.42 Å². The molecule has 0 amide bonds. The van der Waals surface area contributed by atoms with Crippen LogP contribution in [0.5, 0.6) is 0 Å². The van der Waals surface area contributed by atoms with Gasteiger partial charge in [-0.25, -0.2) is 4.39 Å². The summed E-state index contributed by atoms with van der Waals surface area (Å²) in [6, 6.07) is 12.5. The molecular formula is C18H17FO. The van der Waals surface area contributed by atoms with Crippen molar-refractivity contribution in [3.05, 3.63) is 76.6 Å². The minimum Gasteiger partial charge on any atom is -0.289 e. The van der Waals surface area contributed by atoms with Crippen LogP contribution in [0.2, 0.25) is 0 Å². The molecule has 0 saturated carbocycles. The summed E-state index contributed by atoms with van der Waals surface area (Å²) < 4.78 is 13.2. The minimum atomic E-state index is -0.291. The van der Waals surface area contributed by atoms with Crippen molar-refractivity contribution in [1.82, 2.24) is 0 Å². The summed E-state index contributed by atoms with van der Waals surface area (Å²) in [6.45, 7) is 3.75. The van der Waals surface area contributed by atoms with Crippen LogP contribution in [0, 0.1) is 12.7 Å². The molecule has 102 valence electrons. The standard InChI is InChI=1S/C18H17FO/c1-3-14-4-6-15(7-5-14)8-11-18(20)16-9-10-17(19)13(2)12-16/h4-12H,3H2,1-2H3/b11-8+. The van der Waals surface area contributed by atoms with Gasteiger partial charge < -0.3 is 0 Å². The molecule has 2 rings (SSSR count). The van der Waals surface area contributed by atoms with E-state index in [1.165, 1.54) is 23.8 Å².